The van der Waals surface area contributed by atoms with Gasteiger partial charge in [-0.15, -0.1) is 0 Å². The van der Waals surface area contributed by atoms with Crippen molar-refractivity contribution in [2.24, 2.45) is 5.73 Å². The number of carbonyl (C=O) groups excluding carboxylic acids is 1. The van der Waals surface area contributed by atoms with E-state index in [0.717, 1.165) is 10.5 Å². The molecule has 0 radical (unpaired) electrons. The second-order valence-corrected chi connectivity index (χ2v) is 7.13. The molecule has 3 rings (SSSR count). The van der Waals surface area contributed by atoms with Gasteiger partial charge in [-0.2, -0.15) is 0 Å². The van der Waals surface area contributed by atoms with Gasteiger partial charge in [-0.3, -0.25) is 14.2 Å². The van der Waals surface area contributed by atoms with Crippen LogP contribution in [-0.2, 0) is 24.4 Å². The topological polar surface area (TPSA) is 101 Å². The number of nitrogens with zero attached hydrogens (tertiary/aromatic N) is 2. The molecule has 8 heteroatoms. The van der Waals surface area contributed by atoms with Crippen LogP contribution in [0.4, 0.5) is 0 Å². The maximum atomic E-state index is 12.9. The molecule has 0 aliphatic carbocycles. The number of benzene rings is 2. The predicted octanol–water partition coefficient (Wildman–Crippen LogP) is 0.504. The number of para-hydroxylation sites is 1. The van der Waals surface area contributed by atoms with E-state index in [4.69, 9.17) is 15.2 Å². The van der Waals surface area contributed by atoms with E-state index in [1.165, 1.54) is 4.57 Å². The fraction of sp³-hybridized carbons (Fsp3) is 0.318. The van der Waals surface area contributed by atoms with Crippen molar-refractivity contribution in [3.05, 3.63) is 64.2 Å². The van der Waals surface area contributed by atoms with Crippen LogP contribution in [0.3, 0.4) is 0 Å². The van der Waals surface area contributed by atoms with Gasteiger partial charge in [0, 0.05) is 5.56 Å². The fourth-order valence-corrected chi connectivity index (χ4v) is 3.45. The lowest BCUT2D eigenvalue weighted by Crippen LogP contribution is -3.06. The van der Waals surface area contributed by atoms with Crippen LogP contribution < -0.4 is 25.7 Å². The molecule has 0 bridgehead atoms. The Labute approximate surface area is 174 Å². The SMILES string of the molecule is CCOc1ccc(C[NH+](C)Cc2nc3ccccc3c(=O)n2CC(N)=O)cc1OC. The second kappa shape index (κ2) is 9.41. The summed E-state index contributed by atoms with van der Waals surface area (Å²) in [6.07, 6.45) is 0. The highest BCUT2D eigenvalue weighted by atomic mass is 16.5. The van der Waals surface area contributed by atoms with Crippen molar-refractivity contribution in [2.45, 2.75) is 26.6 Å². The fourth-order valence-electron chi connectivity index (χ4n) is 3.45. The van der Waals surface area contributed by atoms with Crippen molar-refractivity contribution in [3.8, 4) is 11.5 Å². The van der Waals surface area contributed by atoms with E-state index in [-0.39, 0.29) is 12.1 Å². The highest BCUT2D eigenvalue weighted by Gasteiger charge is 2.17. The monoisotopic (exact) mass is 411 g/mol. The van der Waals surface area contributed by atoms with E-state index in [2.05, 4.69) is 4.98 Å². The molecule has 0 aliphatic heterocycles. The van der Waals surface area contributed by atoms with Gasteiger partial charge in [0.2, 0.25) is 5.91 Å². The molecule has 0 fully saturated rings. The Morgan fingerprint density at radius 1 is 1.17 bits per heavy atom. The highest BCUT2D eigenvalue weighted by Crippen LogP contribution is 2.27. The third-order valence-electron chi connectivity index (χ3n) is 4.75. The normalized spacial score (nSPS) is 12.0. The van der Waals surface area contributed by atoms with Gasteiger partial charge in [-0.1, -0.05) is 12.1 Å². The summed E-state index contributed by atoms with van der Waals surface area (Å²) in [6.45, 7) is 3.40. The Morgan fingerprint density at radius 2 is 1.93 bits per heavy atom. The molecule has 0 saturated heterocycles. The molecule has 1 heterocycles. The van der Waals surface area contributed by atoms with E-state index in [1.807, 2.05) is 38.2 Å². The van der Waals surface area contributed by atoms with Crippen molar-refractivity contribution in [1.29, 1.82) is 0 Å². The zero-order valence-electron chi connectivity index (χ0n) is 17.5. The first-order chi connectivity index (χ1) is 14.4. The smallest absolute Gasteiger partial charge is 0.262 e. The third kappa shape index (κ3) is 4.77. The quantitative estimate of drug-likeness (QED) is 0.534. The molecule has 1 atom stereocenters. The lowest BCUT2D eigenvalue weighted by molar-refractivity contribution is -0.908. The minimum atomic E-state index is -0.579. The first kappa shape index (κ1) is 21.3. The van der Waals surface area contributed by atoms with Crippen molar-refractivity contribution >= 4 is 16.8 Å². The molecule has 3 aromatic rings. The average Bonchev–Trinajstić information content (AvgIpc) is 2.72. The number of quaternary nitrogens is 1. The van der Waals surface area contributed by atoms with Gasteiger partial charge >= 0.3 is 0 Å². The highest BCUT2D eigenvalue weighted by molar-refractivity contribution is 5.78. The zero-order chi connectivity index (χ0) is 21.7. The van der Waals surface area contributed by atoms with Gasteiger partial charge < -0.3 is 20.1 Å². The van der Waals surface area contributed by atoms with Gasteiger partial charge in [0.15, 0.2) is 17.3 Å². The molecule has 2 aromatic carbocycles. The van der Waals surface area contributed by atoms with Crippen LogP contribution in [-0.4, -0.2) is 36.2 Å². The average molecular weight is 411 g/mol. The first-order valence-corrected chi connectivity index (χ1v) is 9.80. The van der Waals surface area contributed by atoms with Crippen LogP contribution in [0.5, 0.6) is 11.5 Å². The van der Waals surface area contributed by atoms with Crippen molar-refractivity contribution < 1.29 is 19.2 Å². The van der Waals surface area contributed by atoms with Crippen LogP contribution >= 0.6 is 0 Å². The minimum absolute atomic E-state index is 0.198. The second-order valence-electron chi connectivity index (χ2n) is 7.13. The van der Waals surface area contributed by atoms with E-state index >= 15 is 0 Å². The lowest BCUT2D eigenvalue weighted by atomic mass is 10.2. The van der Waals surface area contributed by atoms with Crippen molar-refractivity contribution in [3.63, 3.8) is 0 Å². The molecule has 0 saturated carbocycles. The Bertz CT molecular complexity index is 1110. The number of ether oxygens (including phenoxy) is 2. The number of methoxy groups -OCH3 is 1. The molecule has 0 aliphatic rings. The molecule has 1 unspecified atom stereocenters. The van der Waals surface area contributed by atoms with Crippen molar-refractivity contribution in [1.82, 2.24) is 9.55 Å². The Balaban J connectivity index is 1.88. The summed E-state index contributed by atoms with van der Waals surface area (Å²) < 4.78 is 12.4. The molecule has 3 N–H and O–H groups in total. The van der Waals surface area contributed by atoms with Crippen LogP contribution in [0.2, 0.25) is 0 Å². The Morgan fingerprint density at radius 3 is 2.63 bits per heavy atom. The summed E-state index contributed by atoms with van der Waals surface area (Å²) in [5, 5.41) is 0.469. The van der Waals surface area contributed by atoms with E-state index in [9.17, 15) is 9.59 Å². The Kier molecular flexibility index (Phi) is 6.68. The number of aromatic nitrogens is 2. The zero-order valence-corrected chi connectivity index (χ0v) is 17.5. The number of nitrogens with one attached hydrogen (secondary N) is 1. The molecule has 1 aromatic heterocycles. The van der Waals surface area contributed by atoms with E-state index < -0.39 is 5.91 Å². The summed E-state index contributed by atoms with van der Waals surface area (Å²) in [7, 11) is 3.61. The molecule has 1 amide bonds. The predicted molar refractivity (Wildman–Crippen MR) is 114 cm³/mol. The Hall–Kier alpha value is -3.39. The number of primary amides is 1. The molecule has 8 nitrogen and oxygen atoms in total. The molecule has 30 heavy (non-hydrogen) atoms. The molecule has 0 spiro atoms. The lowest BCUT2D eigenvalue weighted by Gasteiger charge is -2.18. The summed E-state index contributed by atoms with van der Waals surface area (Å²) in [5.41, 5.74) is 6.77. The molecule has 158 valence electrons. The minimum Gasteiger partial charge on any atom is -0.493 e. The van der Waals surface area contributed by atoms with E-state index in [0.29, 0.717) is 47.9 Å². The number of amides is 1. The summed E-state index contributed by atoms with van der Waals surface area (Å²) >= 11 is 0. The third-order valence-corrected chi connectivity index (χ3v) is 4.75. The van der Waals surface area contributed by atoms with Gasteiger partial charge in [0.25, 0.3) is 5.56 Å². The maximum Gasteiger partial charge on any atom is 0.262 e. The number of carbonyl (C=O) groups is 1. The van der Waals surface area contributed by atoms with Gasteiger partial charge in [0.1, 0.15) is 19.6 Å². The van der Waals surface area contributed by atoms with Crippen LogP contribution in [0, 0.1) is 0 Å². The number of fused-ring (bicyclic) bond motifs is 1. The molecular weight excluding hydrogens is 384 g/mol. The van der Waals surface area contributed by atoms with Crippen LogP contribution in [0.25, 0.3) is 10.9 Å². The summed E-state index contributed by atoms with van der Waals surface area (Å²) in [6, 6.07) is 12.9. The first-order valence-electron chi connectivity index (χ1n) is 9.80. The van der Waals surface area contributed by atoms with Gasteiger partial charge in [-0.05, 0) is 37.3 Å². The maximum absolute atomic E-state index is 12.9. The van der Waals surface area contributed by atoms with Gasteiger partial charge in [-0.25, -0.2) is 4.98 Å². The molecular formula is C22H27N4O4+. The van der Waals surface area contributed by atoms with Crippen molar-refractivity contribution in [2.75, 3.05) is 20.8 Å². The number of hydrogen-bond donors (Lipinski definition) is 2. The standard InChI is InChI=1S/C22H26N4O4/c1-4-30-18-10-9-15(11-19(18)29-3)12-25(2)14-21-24-17-8-6-5-7-16(17)22(28)26(21)13-20(23)27/h5-11H,4,12-14H2,1-3H3,(H2,23,27)/p+1. The van der Waals surface area contributed by atoms with Crippen LogP contribution in [0.15, 0.2) is 47.3 Å². The van der Waals surface area contributed by atoms with Crippen LogP contribution in [0.1, 0.15) is 18.3 Å². The number of rotatable bonds is 9. The largest absolute Gasteiger partial charge is 0.493 e. The van der Waals surface area contributed by atoms with Gasteiger partial charge in [0.05, 0.1) is 31.7 Å². The summed E-state index contributed by atoms with van der Waals surface area (Å²) in [5.74, 6) is 1.32. The number of nitrogens with two attached hydrogens (primary N) is 1. The summed E-state index contributed by atoms with van der Waals surface area (Å²) in [4.78, 5) is 30.1. The number of hydrogen-bond acceptors (Lipinski definition) is 5. The van der Waals surface area contributed by atoms with E-state index in [1.54, 1.807) is 25.3 Å².